The number of nitrogens with two attached hydrogens (primary N) is 3. The van der Waals surface area contributed by atoms with Gasteiger partial charge in [0, 0.05) is 22.5 Å². The van der Waals surface area contributed by atoms with E-state index in [1.807, 2.05) is 55.5 Å². The first-order valence-corrected chi connectivity index (χ1v) is 16.6. The maximum absolute atomic E-state index is 5.69. The molecule has 6 N–H and O–H groups in total. The molecule has 0 aromatic heterocycles. The molecule has 0 aliphatic heterocycles. The van der Waals surface area contributed by atoms with Gasteiger partial charge in [0.05, 0.1) is 0 Å². The summed E-state index contributed by atoms with van der Waals surface area (Å²) in [7, 11) is 0. The van der Waals surface area contributed by atoms with Crippen LogP contribution in [-0.4, -0.2) is 0 Å². The van der Waals surface area contributed by atoms with Crippen molar-refractivity contribution >= 4 is 5.69 Å². The third-order valence-electron chi connectivity index (χ3n) is 8.94. The Morgan fingerprint density at radius 2 is 0.958 bits per heavy atom. The van der Waals surface area contributed by atoms with E-state index in [0.29, 0.717) is 34.4 Å². The number of hydrogen-bond donors (Lipinski definition) is 3. The van der Waals surface area contributed by atoms with Crippen molar-refractivity contribution in [1.82, 2.24) is 0 Å². The Bertz CT molecular complexity index is 1370. The normalized spacial score (nSPS) is 16.7. The highest BCUT2D eigenvalue weighted by molar-refractivity contribution is 5.42. The van der Waals surface area contributed by atoms with Crippen molar-refractivity contribution in [3.8, 4) is 0 Å². The Morgan fingerprint density at radius 3 is 1.33 bits per heavy atom. The van der Waals surface area contributed by atoms with Gasteiger partial charge < -0.3 is 26.7 Å². The lowest BCUT2D eigenvalue weighted by Gasteiger charge is -2.44. The van der Waals surface area contributed by atoms with Gasteiger partial charge in [-0.3, -0.25) is 0 Å². The lowest BCUT2D eigenvalue weighted by atomic mass is 9.60. The molecule has 0 bridgehead atoms. The van der Waals surface area contributed by atoms with Gasteiger partial charge in [-0.05, 0) is 104 Å². The lowest BCUT2D eigenvalue weighted by Crippen LogP contribution is -2.33. The zero-order chi connectivity index (χ0) is 35.7. The van der Waals surface area contributed by atoms with E-state index in [4.69, 9.17) is 26.7 Å². The number of nitrogen functional groups attached to an aromatic ring is 1. The topological polar surface area (TPSA) is 96.5 Å². The number of hydrogen-bond acceptors (Lipinski definition) is 5. The molecule has 0 unspecified atom stereocenters. The standard InChI is InChI=1S/C36H48N2O2.C7H9N/c1-26(14-18-30(5)39-32(7)20-16-28(3)37)36(24-22-35(23-25-36)34-12-10-9-11-13-34)27(2)15-19-31(6)40-33(8)21-17-29(4)38;1-6-2-4-7(8)5-3-6/h14-21,34-35H,1-13,22-25,37-38H2;2-5H,8H2,1H3/b18-14-,19-15-,20-16-,21-17-;. The SMILES string of the molecule is C=C(N)/C=C\C(=C)OC(=C)/C=C\C(=C)C1(C(=C)/C=C\C(=C)OC(=C)/C=C\C(=C)N)CCC(C2CCCCC2)CC1.Cc1ccc(N)cc1. The molecule has 2 aliphatic carbocycles. The second-order valence-electron chi connectivity index (χ2n) is 12.8. The summed E-state index contributed by atoms with van der Waals surface area (Å²) in [5, 5.41) is 0. The van der Waals surface area contributed by atoms with Crippen molar-refractivity contribution < 1.29 is 9.47 Å². The van der Waals surface area contributed by atoms with Gasteiger partial charge in [-0.1, -0.05) is 115 Å². The van der Waals surface area contributed by atoms with E-state index in [-0.39, 0.29) is 5.41 Å². The van der Waals surface area contributed by atoms with Crippen LogP contribution in [0.15, 0.2) is 171 Å². The average molecular weight is 648 g/mol. The van der Waals surface area contributed by atoms with Crippen molar-refractivity contribution in [2.24, 2.45) is 28.7 Å². The van der Waals surface area contributed by atoms with E-state index >= 15 is 0 Å². The smallest absolute Gasteiger partial charge is 0.120 e. The van der Waals surface area contributed by atoms with Gasteiger partial charge in [0.25, 0.3) is 0 Å². The Morgan fingerprint density at radius 1 is 0.583 bits per heavy atom. The fourth-order valence-electron chi connectivity index (χ4n) is 6.20. The summed E-state index contributed by atoms with van der Waals surface area (Å²) in [6, 6.07) is 7.79. The van der Waals surface area contributed by atoms with Gasteiger partial charge in [0.2, 0.25) is 0 Å². The van der Waals surface area contributed by atoms with Gasteiger partial charge >= 0.3 is 0 Å². The fourth-order valence-corrected chi connectivity index (χ4v) is 6.20. The summed E-state index contributed by atoms with van der Waals surface area (Å²) in [4.78, 5) is 0. The molecule has 5 nitrogen and oxygen atoms in total. The molecule has 1 aromatic carbocycles. The van der Waals surface area contributed by atoms with Crippen LogP contribution in [0.1, 0.15) is 63.4 Å². The molecule has 2 aliphatic rings. The molecule has 0 radical (unpaired) electrons. The van der Waals surface area contributed by atoms with Crippen LogP contribution in [0.2, 0.25) is 0 Å². The Hall–Kier alpha value is -4.90. The van der Waals surface area contributed by atoms with Crippen LogP contribution in [0, 0.1) is 24.2 Å². The number of aryl methyl sites for hydroxylation is 1. The fraction of sp³-hybridized carbons (Fsp3) is 0.302. The zero-order valence-corrected chi connectivity index (χ0v) is 29.2. The summed E-state index contributed by atoms with van der Waals surface area (Å²) in [5.41, 5.74) is 21.2. The second kappa shape index (κ2) is 19.7. The quantitative estimate of drug-likeness (QED) is 0.1000. The van der Waals surface area contributed by atoms with Crippen LogP contribution in [0.5, 0.6) is 0 Å². The summed E-state index contributed by atoms with van der Waals surface area (Å²) in [6.07, 6.45) is 25.3. The summed E-state index contributed by atoms with van der Waals surface area (Å²) in [5.74, 6) is 3.37. The lowest BCUT2D eigenvalue weighted by molar-refractivity contribution is 0.149. The molecule has 2 fully saturated rings. The van der Waals surface area contributed by atoms with Crippen LogP contribution >= 0.6 is 0 Å². The Labute approximate surface area is 290 Å². The molecule has 0 heterocycles. The molecule has 2 saturated carbocycles. The molecule has 1 aromatic rings. The molecule has 3 rings (SSSR count). The summed E-state index contributed by atoms with van der Waals surface area (Å²) < 4.78 is 11.4. The Balaban J connectivity index is 0.000000870. The maximum atomic E-state index is 5.69. The molecule has 0 spiro atoms. The van der Waals surface area contributed by atoms with E-state index in [9.17, 15) is 0 Å². The number of anilines is 1. The van der Waals surface area contributed by atoms with Crippen LogP contribution < -0.4 is 17.2 Å². The third kappa shape index (κ3) is 13.8. The van der Waals surface area contributed by atoms with Crippen molar-refractivity contribution in [1.29, 1.82) is 0 Å². The van der Waals surface area contributed by atoms with Crippen LogP contribution in [0.4, 0.5) is 5.69 Å². The average Bonchev–Trinajstić information content (AvgIpc) is 3.06. The van der Waals surface area contributed by atoms with E-state index in [1.54, 1.807) is 24.3 Å². The van der Waals surface area contributed by atoms with E-state index in [1.165, 1.54) is 37.7 Å². The summed E-state index contributed by atoms with van der Waals surface area (Å²) >= 11 is 0. The van der Waals surface area contributed by atoms with Crippen LogP contribution in [-0.2, 0) is 9.47 Å². The Kier molecular flexibility index (Phi) is 16.1. The number of allylic oxidation sites excluding steroid dienone is 10. The number of benzene rings is 1. The minimum absolute atomic E-state index is 0.277. The highest BCUT2D eigenvalue weighted by Gasteiger charge is 2.40. The monoisotopic (exact) mass is 647 g/mol. The highest BCUT2D eigenvalue weighted by atomic mass is 16.5. The first-order chi connectivity index (χ1) is 22.7. The maximum Gasteiger partial charge on any atom is 0.120 e. The molecule has 0 amide bonds. The van der Waals surface area contributed by atoms with E-state index < -0.39 is 0 Å². The molecule has 5 heteroatoms. The van der Waals surface area contributed by atoms with Crippen molar-refractivity contribution in [2.75, 3.05) is 5.73 Å². The van der Waals surface area contributed by atoms with Gasteiger partial charge in [-0.2, -0.15) is 0 Å². The van der Waals surface area contributed by atoms with E-state index in [0.717, 1.165) is 54.4 Å². The third-order valence-corrected chi connectivity index (χ3v) is 8.94. The second-order valence-corrected chi connectivity index (χ2v) is 12.8. The first-order valence-electron chi connectivity index (χ1n) is 16.6. The van der Waals surface area contributed by atoms with Crippen molar-refractivity contribution in [3.63, 3.8) is 0 Å². The molecule has 256 valence electrons. The minimum Gasteiger partial charge on any atom is -0.459 e. The largest absolute Gasteiger partial charge is 0.459 e. The molecular formula is C43H57N3O2. The van der Waals surface area contributed by atoms with Gasteiger partial charge in [0.15, 0.2) is 0 Å². The van der Waals surface area contributed by atoms with E-state index in [2.05, 4.69) is 52.6 Å². The first kappa shape index (κ1) is 39.3. The van der Waals surface area contributed by atoms with Gasteiger partial charge in [-0.15, -0.1) is 0 Å². The van der Waals surface area contributed by atoms with Gasteiger partial charge in [-0.25, -0.2) is 0 Å². The summed E-state index contributed by atoms with van der Waals surface area (Å²) in [6.45, 7) is 34.1. The van der Waals surface area contributed by atoms with Crippen LogP contribution in [0.3, 0.4) is 0 Å². The van der Waals surface area contributed by atoms with Gasteiger partial charge in [0.1, 0.15) is 23.0 Å². The minimum atomic E-state index is -0.277. The molecule has 0 saturated heterocycles. The molecular weight excluding hydrogens is 590 g/mol. The van der Waals surface area contributed by atoms with Crippen molar-refractivity contribution in [2.45, 2.75) is 64.7 Å². The highest BCUT2D eigenvalue weighted by Crippen LogP contribution is 2.52. The van der Waals surface area contributed by atoms with Crippen molar-refractivity contribution in [3.05, 3.63) is 177 Å². The zero-order valence-electron chi connectivity index (χ0n) is 29.2. The predicted molar refractivity (Wildman–Crippen MR) is 207 cm³/mol. The predicted octanol–water partition coefficient (Wildman–Crippen LogP) is 10.7. The number of ether oxygens (including phenoxy) is 2. The molecule has 0 atom stereocenters. The van der Waals surface area contributed by atoms with Crippen LogP contribution in [0.25, 0.3) is 0 Å². The number of rotatable bonds is 15. The molecule has 48 heavy (non-hydrogen) atoms.